The Hall–Kier alpha value is -2.67. The minimum atomic E-state index is -0.173. The topological polar surface area (TPSA) is 76.6 Å². The third kappa shape index (κ3) is 3.71. The highest BCUT2D eigenvalue weighted by Crippen LogP contribution is 2.30. The largest absolute Gasteiger partial charge is 0.486 e. The van der Waals surface area contributed by atoms with Crippen LogP contribution >= 0.6 is 0 Å². The fraction of sp³-hybridized carbons (Fsp3) is 0.389. The van der Waals surface area contributed by atoms with Gasteiger partial charge in [-0.2, -0.15) is 0 Å². The molecule has 1 aromatic heterocycles. The van der Waals surface area contributed by atoms with Crippen molar-refractivity contribution in [3.8, 4) is 11.5 Å². The summed E-state index contributed by atoms with van der Waals surface area (Å²) in [4.78, 5) is 22.7. The first kappa shape index (κ1) is 15.8. The van der Waals surface area contributed by atoms with Crippen LogP contribution in [0.25, 0.3) is 0 Å². The van der Waals surface area contributed by atoms with E-state index in [1.54, 1.807) is 6.33 Å². The third-order valence-corrected chi connectivity index (χ3v) is 4.41. The molecule has 0 fully saturated rings. The maximum absolute atomic E-state index is 12.2. The van der Waals surface area contributed by atoms with Gasteiger partial charge in [-0.15, -0.1) is 0 Å². The molecule has 1 aromatic carbocycles. The summed E-state index contributed by atoms with van der Waals surface area (Å²) >= 11 is 0. The molecule has 25 heavy (non-hydrogen) atoms. The molecule has 1 atom stereocenters. The average molecular weight is 340 g/mol. The predicted octanol–water partition coefficient (Wildman–Crippen LogP) is 0.791. The van der Waals surface area contributed by atoms with Gasteiger partial charge in [0, 0.05) is 19.3 Å². The predicted molar refractivity (Wildman–Crippen MR) is 90.4 cm³/mol. The van der Waals surface area contributed by atoms with Crippen molar-refractivity contribution in [3.63, 3.8) is 0 Å². The number of nitrogens with one attached hydrogen (secondary N) is 1. The number of aromatic nitrogens is 2. The summed E-state index contributed by atoms with van der Waals surface area (Å²) in [7, 11) is 0. The molecule has 0 saturated carbocycles. The molecule has 130 valence electrons. The Morgan fingerprint density at radius 3 is 3.12 bits per heavy atom. The van der Waals surface area contributed by atoms with Gasteiger partial charge in [0.15, 0.2) is 11.5 Å². The van der Waals surface area contributed by atoms with Crippen molar-refractivity contribution in [1.82, 2.24) is 20.2 Å². The van der Waals surface area contributed by atoms with Gasteiger partial charge in [-0.25, -0.2) is 9.97 Å². The van der Waals surface area contributed by atoms with Crippen molar-refractivity contribution in [3.05, 3.63) is 48.0 Å². The Morgan fingerprint density at radius 1 is 1.32 bits per heavy atom. The van der Waals surface area contributed by atoms with E-state index in [9.17, 15) is 4.79 Å². The van der Waals surface area contributed by atoms with Crippen LogP contribution in [0.5, 0.6) is 11.5 Å². The summed E-state index contributed by atoms with van der Waals surface area (Å²) in [6.45, 7) is 2.74. The van der Waals surface area contributed by atoms with E-state index >= 15 is 0 Å². The lowest BCUT2D eigenvalue weighted by Gasteiger charge is -2.28. The number of fused-ring (bicyclic) bond motifs is 2. The Labute approximate surface area is 146 Å². The van der Waals surface area contributed by atoms with Crippen LogP contribution in [-0.2, 0) is 17.8 Å². The lowest BCUT2D eigenvalue weighted by molar-refractivity contribution is -0.123. The van der Waals surface area contributed by atoms with Crippen molar-refractivity contribution >= 4 is 5.91 Å². The number of hydrogen-bond acceptors (Lipinski definition) is 6. The van der Waals surface area contributed by atoms with Gasteiger partial charge in [0.1, 0.15) is 19.0 Å². The molecule has 4 rings (SSSR count). The molecule has 1 N–H and O–H groups in total. The first-order valence-corrected chi connectivity index (χ1v) is 8.43. The van der Waals surface area contributed by atoms with Gasteiger partial charge in [-0.1, -0.05) is 12.1 Å². The standard InChI is InChI=1S/C18H20N4O3/c23-18(10-22-6-5-13-7-19-12-21-15(13)9-22)20-8-14-11-24-16-3-1-2-4-17(16)25-14/h1-4,7,12,14H,5-6,8-11H2,(H,20,23)/t14-/m1/s1. The number of amides is 1. The van der Waals surface area contributed by atoms with Gasteiger partial charge in [0.05, 0.1) is 18.8 Å². The zero-order valence-electron chi connectivity index (χ0n) is 13.9. The normalized spacial score (nSPS) is 19.1. The molecule has 0 aliphatic carbocycles. The summed E-state index contributed by atoms with van der Waals surface area (Å²) in [5, 5.41) is 2.94. The van der Waals surface area contributed by atoms with Gasteiger partial charge in [0.25, 0.3) is 0 Å². The molecule has 0 saturated heterocycles. The van der Waals surface area contributed by atoms with Gasteiger partial charge in [0.2, 0.25) is 5.91 Å². The number of ether oxygens (including phenoxy) is 2. The highest BCUT2D eigenvalue weighted by Gasteiger charge is 2.23. The van der Waals surface area contributed by atoms with Gasteiger partial charge in [-0.3, -0.25) is 9.69 Å². The lowest BCUT2D eigenvalue weighted by atomic mass is 10.1. The van der Waals surface area contributed by atoms with Crippen LogP contribution in [0.1, 0.15) is 11.3 Å². The Bertz CT molecular complexity index is 767. The van der Waals surface area contributed by atoms with Crippen LogP contribution in [-0.4, -0.2) is 53.1 Å². The fourth-order valence-electron chi connectivity index (χ4n) is 3.09. The molecule has 0 radical (unpaired) electrons. The SMILES string of the molecule is O=C(CN1CCc2cncnc2C1)NC[C@@H]1COc2ccccc2O1. The second kappa shape index (κ2) is 7.06. The average Bonchev–Trinajstić information content (AvgIpc) is 2.66. The molecule has 2 aliphatic heterocycles. The van der Waals surface area contributed by atoms with Crippen LogP contribution in [0.3, 0.4) is 0 Å². The number of carbonyl (C=O) groups is 1. The van der Waals surface area contributed by atoms with E-state index in [4.69, 9.17) is 9.47 Å². The highest BCUT2D eigenvalue weighted by molar-refractivity contribution is 5.78. The number of carbonyl (C=O) groups excluding carboxylic acids is 1. The summed E-state index contributed by atoms with van der Waals surface area (Å²) < 4.78 is 11.5. The van der Waals surface area contributed by atoms with Crippen LogP contribution < -0.4 is 14.8 Å². The molecule has 2 aliphatic rings. The summed E-state index contributed by atoms with van der Waals surface area (Å²) in [6, 6.07) is 7.56. The van der Waals surface area contributed by atoms with Crippen LogP contribution in [0.2, 0.25) is 0 Å². The molecule has 7 heteroatoms. The molecule has 3 heterocycles. The number of rotatable bonds is 4. The Balaban J connectivity index is 1.25. The molecule has 0 spiro atoms. The van der Waals surface area contributed by atoms with Crippen molar-refractivity contribution in [2.75, 3.05) is 26.2 Å². The lowest BCUT2D eigenvalue weighted by Crippen LogP contribution is -2.45. The van der Waals surface area contributed by atoms with Crippen LogP contribution in [0.15, 0.2) is 36.8 Å². The molecule has 7 nitrogen and oxygen atoms in total. The van der Waals surface area contributed by atoms with Gasteiger partial charge < -0.3 is 14.8 Å². The van der Waals surface area contributed by atoms with E-state index in [2.05, 4.69) is 20.2 Å². The zero-order chi connectivity index (χ0) is 17.1. The van der Waals surface area contributed by atoms with E-state index in [-0.39, 0.29) is 12.0 Å². The number of nitrogens with zero attached hydrogens (tertiary/aromatic N) is 3. The van der Waals surface area contributed by atoms with Crippen molar-refractivity contribution in [2.24, 2.45) is 0 Å². The summed E-state index contributed by atoms with van der Waals surface area (Å²) in [6.07, 6.45) is 4.12. The number of hydrogen-bond donors (Lipinski definition) is 1. The van der Waals surface area contributed by atoms with Crippen molar-refractivity contribution < 1.29 is 14.3 Å². The third-order valence-electron chi connectivity index (χ3n) is 4.41. The number of benzene rings is 1. The monoisotopic (exact) mass is 340 g/mol. The van der Waals surface area contributed by atoms with Gasteiger partial charge in [-0.05, 0) is 24.1 Å². The van der Waals surface area contributed by atoms with Gasteiger partial charge >= 0.3 is 0 Å². The second-order valence-corrected chi connectivity index (χ2v) is 6.26. The smallest absolute Gasteiger partial charge is 0.234 e. The van der Waals surface area contributed by atoms with Crippen LogP contribution in [0.4, 0.5) is 0 Å². The number of para-hydroxylation sites is 2. The van der Waals surface area contributed by atoms with Crippen molar-refractivity contribution in [1.29, 1.82) is 0 Å². The van der Waals surface area contributed by atoms with E-state index in [0.29, 0.717) is 26.2 Å². The Morgan fingerprint density at radius 2 is 2.20 bits per heavy atom. The molecule has 0 unspecified atom stereocenters. The van der Waals surface area contributed by atoms with Crippen molar-refractivity contribution in [2.45, 2.75) is 19.1 Å². The van der Waals surface area contributed by atoms with E-state index in [1.165, 1.54) is 5.56 Å². The maximum atomic E-state index is 12.2. The first-order chi connectivity index (χ1) is 12.3. The maximum Gasteiger partial charge on any atom is 0.234 e. The Kier molecular flexibility index (Phi) is 4.47. The first-order valence-electron chi connectivity index (χ1n) is 8.43. The second-order valence-electron chi connectivity index (χ2n) is 6.26. The fourth-order valence-corrected chi connectivity index (χ4v) is 3.09. The molecule has 2 aromatic rings. The molecular formula is C18H20N4O3. The zero-order valence-corrected chi connectivity index (χ0v) is 13.9. The van der Waals surface area contributed by atoms with E-state index in [1.807, 2.05) is 30.5 Å². The van der Waals surface area contributed by atoms with E-state index < -0.39 is 0 Å². The summed E-state index contributed by atoms with van der Waals surface area (Å²) in [5.74, 6) is 1.46. The molecule has 1 amide bonds. The van der Waals surface area contributed by atoms with E-state index in [0.717, 1.165) is 30.2 Å². The quantitative estimate of drug-likeness (QED) is 0.887. The molecular weight excluding hydrogens is 320 g/mol. The summed E-state index contributed by atoms with van der Waals surface area (Å²) in [5.41, 5.74) is 2.18. The van der Waals surface area contributed by atoms with Crippen LogP contribution in [0, 0.1) is 0 Å². The minimum Gasteiger partial charge on any atom is -0.486 e. The minimum absolute atomic E-state index is 0.0139. The molecule has 0 bridgehead atoms. The highest BCUT2D eigenvalue weighted by atomic mass is 16.6.